The van der Waals surface area contributed by atoms with Gasteiger partial charge >= 0.3 is 5.97 Å². The number of hydrogen-bond acceptors (Lipinski definition) is 6. The number of nitrogens with one attached hydrogen (secondary N) is 1. The van der Waals surface area contributed by atoms with E-state index in [0.29, 0.717) is 8.95 Å². The van der Waals surface area contributed by atoms with Gasteiger partial charge in [0.25, 0.3) is 11.6 Å². The second-order valence-electron chi connectivity index (χ2n) is 4.14. The number of carbonyl (C=O) groups is 2. The molecule has 0 radical (unpaired) electrons. The van der Waals surface area contributed by atoms with Gasteiger partial charge in [-0.2, -0.15) is 0 Å². The summed E-state index contributed by atoms with van der Waals surface area (Å²) in [6.07, 6.45) is 1.31. The van der Waals surface area contributed by atoms with E-state index in [4.69, 9.17) is 9.15 Å². The third-order valence-corrected chi connectivity index (χ3v) is 3.81. The van der Waals surface area contributed by atoms with Crippen LogP contribution < -0.4 is 5.32 Å². The summed E-state index contributed by atoms with van der Waals surface area (Å²) in [6.45, 7) is -0.532. The standard InChI is InChI=1S/C13H8Br2N2O6/c14-8-4-7(17(20)21)5-9(15)12(8)16-11(18)6-23-13(19)10-2-1-3-22-10/h1-5H,6H2,(H,16,18). The van der Waals surface area contributed by atoms with E-state index < -0.39 is 23.4 Å². The molecule has 0 unspecified atom stereocenters. The van der Waals surface area contributed by atoms with Crippen molar-refractivity contribution in [2.24, 2.45) is 0 Å². The average Bonchev–Trinajstić information content (AvgIpc) is 3.02. The molecule has 0 atom stereocenters. The lowest BCUT2D eigenvalue weighted by Gasteiger charge is -2.09. The fourth-order valence-corrected chi connectivity index (χ4v) is 2.92. The number of esters is 1. The Balaban J connectivity index is 2.00. The van der Waals surface area contributed by atoms with Crippen LogP contribution in [0.3, 0.4) is 0 Å². The van der Waals surface area contributed by atoms with Crippen LogP contribution in [0.5, 0.6) is 0 Å². The van der Waals surface area contributed by atoms with Gasteiger partial charge in [-0.15, -0.1) is 0 Å². The Morgan fingerprint density at radius 3 is 2.48 bits per heavy atom. The van der Waals surface area contributed by atoms with Crippen molar-refractivity contribution in [2.45, 2.75) is 0 Å². The van der Waals surface area contributed by atoms with Crippen LogP contribution in [-0.2, 0) is 9.53 Å². The molecule has 0 aliphatic heterocycles. The zero-order chi connectivity index (χ0) is 17.0. The summed E-state index contributed by atoms with van der Waals surface area (Å²) in [5.41, 5.74) is 0.139. The Bertz CT molecular complexity index is 737. The molecule has 1 aromatic carbocycles. The van der Waals surface area contributed by atoms with Crippen LogP contribution in [0, 0.1) is 10.1 Å². The largest absolute Gasteiger partial charge is 0.457 e. The van der Waals surface area contributed by atoms with Gasteiger partial charge in [-0.25, -0.2) is 4.79 Å². The number of anilines is 1. The number of non-ortho nitro benzene ring substituents is 1. The van der Waals surface area contributed by atoms with E-state index in [2.05, 4.69) is 37.2 Å². The van der Waals surface area contributed by atoms with E-state index in [1.165, 1.54) is 30.5 Å². The number of carbonyl (C=O) groups excluding carboxylic acids is 2. The lowest BCUT2D eigenvalue weighted by Crippen LogP contribution is -2.21. The molecule has 0 aliphatic rings. The number of amides is 1. The van der Waals surface area contributed by atoms with E-state index in [1.807, 2.05) is 0 Å². The molecule has 2 rings (SSSR count). The van der Waals surface area contributed by atoms with Gasteiger partial charge in [0, 0.05) is 21.1 Å². The quantitative estimate of drug-likeness (QED) is 0.426. The first-order valence-electron chi connectivity index (χ1n) is 6.02. The summed E-state index contributed by atoms with van der Waals surface area (Å²) in [5.74, 6) is -1.40. The maximum Gasteiger partial charge on any atom is 0.374 e. The van der Waals surface area contributed by atoms with Gasteiger partial charge in [-0.05, 0) is 44.0 Å². The number of nitrogens with zero attached hydrogens (tertiary/aromatic N) is 1. The van der Waals surface area contributed by atoms with Crippen molar-refractivity contribution in [3.05, 3.63) is 55.3 Å². The Kier molecular flexibility index (Phi) is 5.50. The maximum atomic E-state index is 11.8. The summed E-state index contributed by atoms with van der Waals surface area (Å²) in [5, 5.41) is 13.2. The highest BCUT2D eigenvalue weighted by Crippen LogP contribution is 2.35. The van der Waals surface area contributed by atoms with Gasteiger partial charge in [0.2, 0.25) is 5.76 Å². The van der Waals surface area contributed by atoms with Crippen molar-refractivity contribution in [1.82, 2.24) is 0 Å². The van der Waals surface area contributed by atoms with Crippen molar-refractivity contribution in [3.8, 4) is 0 Å². The van der Waals surface area contributed by atoms with Gasteiger partial charge in [-0.1, -0.05) is 0 Å². The summed E-state index contributed by atoms with van der Waals surface area (Å²) < 4.78 is 10.2. The van der Waals surface area contributed by atoms with Gasteiger partial charge in [0.05, 0.1) is 16.9 Å². The smallest absolute Gasteiger partial charge is 0.374 e. The van der Waals surface area contributed by atoms with Crippen molar-refractivity contribution in [2.75, 3.05) is 11.9 Å². The fraction of sp³-hybridized carbons (Fsp3) is 0.0769. The predicted molar refractivity (Wildman–Crippen MR) is 86.1 cm³/mol. The van der Waals surface area contributed by atoms with Crippen LogP contribution in [0.1, 0.15) is 10.6 Å². The lowest BCUT2D eigenvalue weighted by atomic mass is 10.3. The number of ether oxygens (including phenoxy) is 1. The first kappa shape index (κ1) is 17.2. The van der Waals surface area contributed by atoms with E-state index in [-0.39, 0.29) is 17.1 Å². The first-order chi connectivity index (χ1) is 10.9. The molecule has 2 aromatic rings. The summed E-state index contributed by atoms with van der Waals surface area (Å²) in [7, 11) is 0. The molecule has 0 saturated heterocycles. The average molecular weight is 448 g/mol. The third kappa shape index (κ3) is 4.39. The van der Waals surface area contributed by atoms with Crippen molar-refractivity contribution >= 4 is 55.1 Å². The molecule has 1 N–H and O–H groups in total. The van der Waals surface area contributed by atoms with Crippen molar-refractivity contribution < 1.29 is 23.7 Å². The molecule has 10 heteroatoms. The fourth-order valence-electron chi connectivity index (χ4n) is 1.56. The molecule has 0 fully saturated rings. The van der Waals surface area contributed by atoms with Gasteiger partial charge in [0.15, 0.2) is 6.61 Å². The Hall–Kier alpha value is -2.20. The minimum absolute atomic E-state index is 0.0181. The zero-order valence-corrected chi connectivity index (χ0v) is 14.4. The Morgan fingerprint density at radius 1 is 1.30 bits per heavy atom. The Labute approximate surface area is 146 Å². The molecular formula is C13H8Br2N2O6. The molecular weight excluding hydrogens is 440 g/mol. The molecule has 1 aromatic heterocycles. The highest BCUT2D eigenvalue weighted by Gasteiger charge is 2.17. The van der Waals surface area contributed by atoms with Crippen LogP contribution in [0.15, 0.2) is 43.9 Å². The monoisotopic (exact) mass is 446 g/mol. The number of nitro groups is 1. The first-order valence-corrected chi connectivity index (χ1v) is 7.61. The minimum Gasteiger partial charge on any atom is -0.457 e. The number of halogens is 2. The number of hydrogen-bond donors (Lipinski definition) is 1. The molecule has 8 nitrogen and oxygen atoms in total. The third-order valence-electron chi connectivity index (χ3n) is 2.56. The van der Waals surface area contributed by atoms with Gasteiger partial charge in [-0.3, -0.25) is 14.9 Å². The topological polar surface area (TPSA) is 112 Å². The van der Waals surface area contributed by atoms with Crippen LogP contribution in [-0.4, -0.2) is 23.4 Å². The zero-order valence-electron chi connectivity index (χ0n) is 11.2. The molecule has 0 bridgehead atoms. The number of furan rings is 1. The molecule has 0 aliphatic carbocycles. The van der Waals surface area contributed by atoms with Crippen LogP contribution in [0.4, 0.5) is 11.4 Å². The molecule has 23 heavy (non-hydrogen) atoms. The van der Waals surface area contributed by atoms with Crippen LogP contribution >= 0.6 is 31.9 Å². The summed E-state index contributed by atoms with van der Waals surface area (Å²) in [4.78, 5) is 33.5. The molecule has 120 valence electrons. The van der Waals surface area contributed by atoms with Crippen molar-refractivity contribution in [3.63, 3.8) is 0 Å². The minimum atomic E-state index is -0.771. The summed E-state index contributed by atoms with van der Waals surface area (Å²) in [6, 6.07) is 5.41. The second-order valence-corrected chi connectivity index (χ2v) is 5.85. The normalized spacial score (nSPS) is 10.2. The summed E-state index contributed by atoms with van der Waals surface area (Å²) >= 11 is 6.27. The highest BCUT2D eigenvalue weighted by molar-refractivity contribution is 9.11. The van der Waals surface area contributed by atoms with E-state index in [1.54, 1.807) is 0 Å². The molecule has 1 heterocycles. The molecule has 0 spiro atoms. The van der Waals surface area contributed by atoms with Gasteiger partial charge in [0.1, 0.15) is 0 Å². The lowest BCUT2D eigenvalue weighted by molar-refractivity contribution is -0.385. The number of benzene rings is 1. The number of nitro benzene ring substituents is 1. The van der Waals surface area contributed by atoms with Crippen LogP contribution in [0.25, 0.3) is 0 Å². The predicted octanol–water partition coefficient (Wildman–Crippen LogP) is 3.51. The Morgan fingerprint density at radius 2 is 1.96 bits per heavy atom. The second kappa shape index (κ2) is 7.38. The molecule has 1 amide bonds. The SMILES string of the molecule is O=C(COC(=O)c1ccco1)Nc1c(Br)cc([N+](=O)[O-])cc1Br. The van der Waals surface area contributed by atoms with E-state index in [9.17, 15) is 19.7 Å². The van der Waals surface area contributed by atoms with Gasteiger partial charge < -0.3 is 14.5 Å². The van der Waals surface area contributed by atoms with E-state index in [0.717, 1.165) is 0 Å². The van der Waals surface area contributed by atoms with Crippen molar-refractivity contribution in [1.29, 1.82) is 0 Å². The maximum absolute atomic E-state index is 11.8. The number of rotatable bonds is 5. The molecule has 0 saturated carbocycles. The highest BCUT2D eigenvalue weighted by atomic mass is 79.9. The van der Waals surface area contributed by atoms with E-state index >= 15 is 0 Å². The van der Waals surface area contributed by atoms with Crippen LogP contribution in [0.2, 0.25) is 0 Å².